The molecule has 0 saturated carbocycles. The summed E-state index contributed by atoms with van der Waals surface area (Å²) in [4.78, 5) is 53.7. The number of nitrogens with zero attached hydrogens (tertiary/aromatic N) is 3. The molecule has 1 aliphatic heterocycles. The number of ketones is 2. The minimum Gasteiger partial charge on any atom is -0.503 e. The van der Waals surface area contributed by atoms with Crippen LogP contribution >= 0.6 is 34.2 Å². The SMILES string of the molecule is COc1cc([C@H]2C3=CCn4c(=O)n(-c5ccccc5)c(=O)n4[C@@H]3CC3=C2C(=O)C(I)=CC3=O)cc(Cl)c1O. The maximum Gasteiger partial charge on any atom is 0.352 e. The van der Waals surface area contributed by atoms with Gasteiger partial charge in [-0.2, -0.15) is 0 Å². The van der Waals surface area contributed by atoms with E-state index in [9.17, 15) is 24.3 Å². The molecule has 0 unspecified atom stereocenters. The molecule has 0 spiro atoms. The fourth-order valence-electron chi connectivity index (χ4n) is 5.56. The molecule has 6 rings (SSSR count). The van der Waals surface area contributed by atoms with Crippen molar-refractivity contribution < 1.29 is 19.4 Å². The molecular formula is C27H19ClIN3O6. The molecule has 0 saturated heterocycles. The van der Waals surface area contributed by atoms with Gasteiger partial charge in [0.15, 0.2) is 23.1 Å². The second-order valence-corrected chi connectivity index (χ2v) is 10.7. The Balaban J connectivity index is 1.61. The highest BCUT2D eigenvalue weighted by atomic mass is 127. The van der Waals surface area contributed by atoms with Gasteiger partial charge >= 0.3 is 11.4 Å². The molecule has 9 nitrogen and oxygen atoms in total. The first-order chi connectivity index (χ1) is 18.2. The minimum atomic E-state index is -0.749. The number of ether oxygens (including phenoxy) is 1. The monoisotopic (exact) mass is 643 g/mol. The molecule has 11 heteroatoms. The Kier molecular flexibility index (Phi) is 5.84. The number of halogens is 2. The highest BCUT2D eigenvalue weighted by Crippen LogP contribution is 2.51. The van der Waals surface area contributed by atoms with Gasteiger partial charge in [-0.15, -0.1) is 0 Å². The van der Waals surface area contributed by atoms with Crippen LogP contribution in [0.4, 0.5) is 0 Å². The first kappa shape index (κ1) is 24.7. The van der Waals surface area contributed by atoms with Crippen LogP contribution in [0.1, 0.15) is 23.9 Å². The smallest absolute Gasteiger partial charge is 0.352 e. The molecule has 2 heterocycles. The summed E-state index contributed by atoms with van der Waals surface area (Å²) in [5, 5.41) is 10.3. The summed E-state index contributed by atoms with van der Waals surface area (Å²) in [6, 6.07) is 11.0. The minimum absolute atomic E-state index is 0.0177. The lowest BCUT2D eigenvalue weighted by atomic mass is 9.69. The van der Waals surface area contributed by atoms with Crippen LogP contribution in [-0.4, -0.2) is 37.7 Å². The van der Waals surface area contributed by atoms with Crippen LogP contribution in [0, 0.1) is 0 Å². The number of aromatic nitrogens is 3. The fraction of sp³-hybridized carbons (Fsp3) is 0.185. The molecule has 3 aliphatic rings. The molecule has 0 radical (unpaired) electrons. The van der Waals surface area contributed by atoms with Gasteiger partial charge in [0.2, 0.25) is 0 Å². The zero-order valence-electron chi connectivity index (χ0n) is 19.9. The molecule has 0 bridgehead atoms. The summed E-state index contributed by atoms with van der Waals surface area (Å²) in [6.45, 7) is 0.0941. The van der Waals surface area contributed by atoms with Crippen molar-refractivity contribution in [2.45, 2.75) is 24.9 Å². The molecule has 0 amide bonds. The molecular weight excluding hydrogens is 625 g/mol. The Hall–Kier alpha value is -3.64. The average Bonchev–Trinajstić information content (AvgIpc) is 3.17. The van der Waals surface area contributed by atoms with E-state index in [1.807, 2.05) is 28.7 Å². The van der Waals surface area contributed by atoms with Gasteiger partial charge in [0, 0.05) is 29.6 Å². The topological polar surface area (TPSA) is 113 Å². The van der Waals surface area contributed by atoms with Crippen molar-refractivity contribution in [3.05, 3.63) is 106 Å². The van der Waals surface area contributed by atoms with Crippen molar-refractivity contribution in [1.29, 1.82) is 0 Å². The number of rotatable bonds is 3. The Bertz CT molecular complexity index is 1780. The number of methoxy groups -OCH3 is 1. The van der Waals surface area contributed by atoms with Crippen molar-refractivity contribution in [2.75, 3.05) is 7.11 Å². The van der Waals surface area contributed by atoms with E-state index in [1.54, 1.807) is 36.4 Å². The Morgan fingerprint density at radius 3 is 2.53 bits per heavy atom. The van der Waals surface area contributed by atoms with Crippen molar-refractivity contribution in [3.63, 3.8) is 0 Å². The molecule has 192 valence electrons. The molecule has 2 aliphatic carbocycles. The van der Waals surface area contributed by atoms with Gasteiger partial charge in [0.05, 0.1) is 34.0 Å². The second-order valence-electron chi connectivity index (χ2n) is 9.15. The summed E-state index contributed by atoms with van der Waals surface area (Å²) >= 11 is 8.18. The molecule has 3 aromatic rings. The number of fused-ring (bicyclic) bond motifs is 3. The maximum atomic E-state index is 13.7. The number of phenols is 1. The third-order valence-corrected chi connectivity index (χ3v) is 8.31. The highest BCUT2D eigenvalue weighted by molar-refractivity contribution is 14.1. The first-order valence-corrected chi connectivity index (χ1v) is 13.1. The number of hydrogen-bond donors (Lipinski definition) is 1. The number of allylic oxidation sites excluding steroid dienone is 6. The molecule has 1 N–H and O–H groups in total. The summed E-state index contributed by atoms with van der Waals surface area (Å²) in [5.74, 6) is -1.49. The van der Waals surface area contributed by atoms with Crippen LogP contribution in [0.25, 0.3) is 5.69 Å². The van der Waals surface area contributed by atoms with Crippen LogP contribution in [-0.2, 0) is 16.1 Å². The molecule has 38 heavy (non-hydrogen) atoms. The lowest BCUT2D eigenvalue weighted by Crippen LogP contribution is -2.40. The Morgan fingerprint density at radius 2 is 1.82 bits per heavy atom. The van der Waals surface area contributed by atoms with Crippen LogP contribution < -0.4 is 16.1 Å². The summed E-state index contributed by atoms with van der Waals surface area (Å²) < 4.78 is 9.42. The number of benzene rings is 2. The number of phenolic OH excluding ortho intramolecular Hbond substituents is 1. The third-order valence-electron chi connectivity index (χ3n) is 7.22. The van der Waals surface area contributed by atoms with Gasteiger partial charge < -0.3 is 9.84 Å². The molecule has 2 aromatic carbocycles. The van der Waals surface area contributed by atoms with E-state index in [0.717, 1.165) is 4.57 Å². The molecule has 1 aromatic heterocycles. The quantitative estimate of drug-likeness (QED) is 0.265. The number of hydrogen-bond acceptors (Lipinski definition) is 6. The highest BCUT2D eigenvalue weighted by Gasteiger charge is 2.45. The Morgan fingerprint density at radius 1 is 1.08 bits per heavy atom. The maximum absolute atomic E-state index is 13.7. The van der Waals surface area contributed by atoms with E-state index < -0.39 is 23.3 Å². The van der Waals surface area contributed by atoms with Crippen molar-refractivity contribution in [2.24, 2.45) is 0 Å². The van der Waals surface area contributed by atoms with Gasteiger partial charge in [-0.1, -0.05) is 35.9 Å². The van der Waals surface area contributed by atoms with Crippen molar-refractivity contribution in [3.8, 4) is 17.2 Å². The predicted octanol–water partition coefficient (Wildman–Crippen LogP) is 3.60. The van der Waals surface area contributed by atoms with E-state index >= 15 is 0 Å². The van der Waals surface area contributed by atoms with Gasteiger partial charge in [0.1, 0.15) is 0 Å². The first-order valence-electron chi connectivity index (χ1n) is 11.7. The molecule has 2 atom stereocenters. The summed E-state index contributed by atoms with van der Waals surface area (Å²) in [5.41, 5.74) is 1.19. The zero-order chi connectivity index (χ0) is 26.9. The summed E-state index contributed by atoms with van der Waals surface area (Å²) in [6.07, 6.45) is 3.20. The number of para-hydroxylation sites is 1. The summed E-state index contributed by atoms with van der Waals surface area (Å²) in [7, 11) is 1.38. The number of aromatic hydroxyl groups is 1. The van der Waals surface area contributed by atoms with Crippen LogP contribution in [0.5, 0.6) is 11.5 Å². The fourth-order valence-corrected chi connectivity index (χ4v) is 6.35. The predicted molar refractivity (Wildman–Crippen MR) is 148 cm³/mol. The average molecular weight is 644 g/mol. The van der Waals surface area contributed by atoms with Crippen molar-refractivity contribution in [1.82, 2.24) is 13.9 Å². The zero-order valence-corrected chi connectivity index (χ0v) is 22.8. The van der Waals surface area contributed by atoms with E-state index in [1.165, 1.54) is 28.6 Å². The Labute approximate surface area is 234 Å². The normalized spacial score (nSPS) is 20.4. The van der Waals surface area contributed by atoms with Gasteiger partial charge in [-0.25, -0.2) is 23.5 Å². The lowest BCUT2D eigenvalue weighted by Gasteiger charge is -2.39. The van der Waals surface area contributed by atoms with Crippen LogP contribution in [0.2, 0.25) is 5.02 Å². The largest absolute Gasteiger partial charge is 0.503 e. The molecule has 0 fully saturated rings. The number of Topliss-reactive ketones (excluding diaryl/α,β-unsaturated/α-hetero) is 1. The number of carbonyl (C=O) groups is 2. The van der Waals surface area contributed by atoms with E-state index in [0.29, 0.717) is 22.4 Å². The number of carbonyl (C=O) groups excluding carboxylic acids is 2. The van der Waals surface area contributed by atoms with Crippen LogP contribution in [0.15, 0.2) is 84.5 Å². The van der Waals surface area contributed by atoms with E-state index in [4.69, 9.17) is 16.3 Å². The van der Waals surface area contributed by atoms with Crippen molar-refractivity contribution >= 4 is 45.8 Å². The van der Waals surface area contributed by atoms with Crippen LogP contribution in [0.3, 0.4) is 0 Å². The second kappa shape index (κ2) is 8.98. The van der Waals surface area contributed by atoms with Gasteiger partial charge in [-0.3, -0.25) is 9.59 Å². The van der Waals surface area contributed by atoms with E-state index in [2.05, 4.69) is 0 Å². The van der Waals surface area contributed by atoms with E-state index in [-0.39, 0.29) is 50.2 Å². The van der Waals surface area contributed by atoms with Gasteiger partial charge in [0.25, 0.3) is 0 Å². The standard InChI is InChI=1S/C27H19ClIN3O6/c1-38-21-10-13(9-17(28)24(21)34)22-15-7-8-30-26(36)31(14-5-3-2-4-6-14)27(37)32(30)19(15)11-16-20(33)12-18(29)25(35)23(16)22/h2-7,9-10,12,19,22,34H,8,11H2,1H3/t19-,22+/m1/s1. The van der Waals surface area contributed by atoms with Gasteiger partial charge in [-0.05, 0) is 58.0 Å². The lowest BCUT2D eigenvalue weighted by molar-refractivity contribution is -0.115. The third kappa shape index (κ3) is 3.50.